The lowest BCUT2D eigenvalue weighted by atomic mass is 10.1. The molecular weight excluding hydrogens is 296 g/mol. The zero-order chi connectivity index (χ0) is 13.1. The molecule has 1 aromatic carbocycles. The molecule has 0 amide bonds. The summed E-state index contributed by atoms with van der Waals surface area (Å²) in [4.78, 5) is 14.5. The summed E-state index contributed by atoms with van der Waals surface area (Å²) >= 11 is 3.37. The number of esters is 1. The van der Waals surface area contributed by atoms with Crippen LogP contribution in [0, 0.1) is 0 Å². The number of hydrogen-bond donors (Lipinski definition) is 2. The maximum Gasteiger partial charge on any atom is 0.356 e. The highest BCUT2D eigenvalue weighted by atomic mass is 79.9. The molecule has 94 valence electrons. The lowest BCUT2D eigenvalue weighted by Gasteiger charge is -2.02. The molecule has 3 N–H and O–H groups in total. The van der Waals surface area contributed by atoms with Crippen molar-refractivity contribution >= 4 is 27.6 Å². The number of aromatic nitrogens is 1. The Labute approximate surface area is 113 Å². The normalized spacial score (nSPS) is 10.3. The van der Waals surface area contributed by atoms with E-state index in [0.29, 0.717) is 18.0 Å². The van der Waals surface area contributed by atoms with Crippen LogP contribution in [0.4, 0.5) is 5.69 Å². The van der Waals surface area contributed by atoms with Crippen molar-refractivity contribution in [3.63, 3.8) is 0 Å². The first-order valence-corrected chi connectivity index (χ1v) is 6.32. The smallest absolute Gasteiger partial charge is 0.356 e. The molecule has 0 fully saturated rings. The van der Waals surface area contributed by atoms with E-state index in [2.05, 4.69) is 20.9 Å². The lowest BCUT2D eigenvalue weighted by Crippen LogP contribution is -2.07. The minimum atomic E-state index is -0.432. The number of carbonyl (C=O) groups is 1. The first kappa shape index (κ1) is 12.7. The highest BCUT2D eigenvalue weighted by molar-refractivity contribution is 9.10. The third-order valence-electron chi connectivity index (χ3n) is 2.56. The number of nitrogens with two attached hydrogens (primary N) is 1. The van der Waals surface area contributed by atoms with Crippen LogP contribution in [0.25, 0.3) is 11.1 Å². The number of halogens is 1. The number of nitrogens with one attached hydrogen (secondary N) is 1. The van der Waals surface area contributed by atoms with E-state index in [0.717, 1.165) is 15.6 Å². The standard InChI is InChI=1S/C13H13BrN2O2/c1-2-18-13(17)12-11(15)10(7-16-12)8-3-5-9(14)6-4-8/h3-7,16H,2,15H2,1H3. The Hall–Kier alpha value is -1.75. The second kappa shape index (κ2) is 5.27. The lowest BCUT2D eigenvalue weighted by molar-refractivity contribution is 0.0521. The fourth-order valence-corrected chi connectivity index (χ4v) is 1.94. The molecule has 1 aromatic heterocycles. The van der Waals surface area contributed by atoms with Gasteiger partial charge in [-0.1, -0.05) is 28.1 Å². The molecule has 0 atom stereocenters. The van der Waals surface area contributed by atoms with E-state index in [1.807, 2.05) is 24.3 Å². The van der Waals surface area contributed by atoms with Gasteiger partial charge in [0.05, 0.1) is 12.3 Å². The van der Waals surface area contributed by atoms with Gasteiger partial charge in [-0.2, -0.15) is 0 Å². The predicted molar refractivity (Wildman–Crippen MR) is 74.3 cm³/mol. The summed E-state index contributed by atoms with van der Waals surface area (Å²) in [6.07, 6.45) is 1.71. The van der Waals surface area contributed by atoms with E-state index in [9.17, 15) is 4.79 Å². The number of nitrogen functional groups attached to an aromatic ring is 1. The average Bonchev–Trinajstić information content (AvgIpc) is 2.73. The average molecular weight is 309 g/mol. The van der Waals surface area contributed by atoms with Crippen LogP contribution in [-0.2, 0) is 4.74 Å². The molecule has 0 radical (unpaired) electrons. The third-order valence-corrected chi connectivity index (χ3v) is 3.08. The molecule has 2 rings (SSSR count). The van der Waals surface area contributed by atoms with Gasteiger partial charge in [0.15, 0.2) is 0 Å². The zero-order valence-electron chi connectivity index (χ0n) is 9.87. The highest BCUT2D eigenvalue weighted by Crippen LogP contribution is 2.29. The van der Waals surface area contributed by atoms with Gasteiger partial charge in [-0.25, -0.2) is 4.79 Å². The van der Waals surface area contributed by atoms with Gasteiger partial charge >= 0.3 is 5.97 Å². The van der Waals surface area contributed by atoms with Crippen molar-refractivity contribution in [3.8, 4) is 11.1 Å². The molecular formula is C13H13BrN2O2. The van der Waals surface area contributed by atoms with Crippen molar-refractivity contribution in [2.24, 2.45) is 0 Å². The van der Waals surface area contributed by atoms with Crippen molar-refractivity contribution in [3.05, 3.63) is 40.6 Å². The third kappa shape index (κ3) is 2.41. The number of H-pyrrole nitrogens is 1. The maximum atomic E-state index is 11.6. The van der Waals surface area contributed by atoms with Crippen molar-refractivity contribution < 1.29 is 9.53 Å². The van der Waals surface area contributed by atoms with Crippen LogP contribution in [0.5, 0.6) is 0 Å². The second-order valence-electron chi connectivity index (χ2n) is 3.72. The Kier molecular flexibility index (Phi) is 3.72. The predicted octanol–water partition coefficient (Wildman–Crippen LogP) is 3.20. The van der Waals surface area contributed by atoms with E-state index in [1.165, 1.54) is 0 Å². The molecule has 0 spiro atoms. The van der Waals surface area contributed by atoms with Gasteiger partial charge in [-0.15, -0.1) is 0 Å². The number of benzene rings is 1. The quantitative estimate of drug-likeness (QED) is 0.856. The van der Waals surface area contributed by atoms with Crippen LogP contribution in [0.2, 0.25) is 0 Å². The SMILES string of the molecule is CCOC(=O)c1[nH]cc(-c2ccc(Br)cc2)c1N. The Morgan fingerprint density at radius 3 is 2.67 bits per heavy atom. The van der Waals surface area contributed by atoms with Gasteiger partial charge in [0, 0.05) is 16.2 Å². The molecule has 0 aliphatic rings. The minimum absolute atomic E-state index is 0.301. The summed E-state index contributed by atoms with van der Waals surface area (Å²) in [5, 5.41) is 0. The first-order valence-electron chi connectivity index (χ1n) is 5.53. The number of aromatic amines is 1. The van der Waals surface area contributed by atoms with E-state index >= 15 is 0 Å². The molecule has 0 bridgehead atoms. The molecule has 4 nitrogen and oxygen atoms in total. The fourth-order valence-electron chi connectivity index (χ4n) is 1.67. The maximum absolute atomic E-state index is 11.6. The number of carbonyl (C=O) groups excluding carboxylic acids is 1. The van der Waals surface area contributed by atoms with Gasteiger partial charge in [-0.05, 0) is 24.6 Å². The van der Waals surface area contributed by atoms with Gasteiger partial charge in [0.25, 0.3) is 0 Å². The first-order chi connectivity index (χ1) is 8.63. The largest absolute Gasteiger partial charge is 0.461 e. The fraction of sp³-hybridized carbons (Fsp3) is 0.154. The van der Waals surface area contributed by atoms with Crippen LogP contribution in [-0.4, -0.2) is 17.6 Å². The van der Waals surface area contributed by atoms with Gasteiger partial charge in [0.1, 0.15) is 5.69 Å². The van der Waals surface area contributed by atoms with E-state index in [4.69, 9.17) is 10.5 Å². The number of rotatable bonds is 3. The van der Waals surface area contributed by atoms with Gasteiger partial charge < -0.3 is 15.5 Å². The molecule has 0 saturated heterocycles. The minimum Gasteiger partial charge on any atom is -0.461 e. The van der Waals surface area contributed by atoms with Crippen molar-refractivity contribution in [2.45, 2.75) is 6.92 Å². The summed E-state index contributed by atoms with van der Waals surface area (Å²) in [5.74, 6) is -0.432. The van der Waals surface area contributed by atoms with Crippen molar-refractivity contribution in [2.75, 3.05) is 12.3 Å². The molecule has 0 aliphatic carbocycles. The Bertz CT molecular complexity index is 561. The molecule has 2 aromatic rings. The molecule has 5 heteroatoms. The van der Waals surface area contributed by atoms with Crippen LogP contribution in [0.3, 0.4) is 0 Å². The Morgan fingerprint density at radius 2 is 2.06 bits per heavy atom. The zero-order valence-corrected chi connectivity index (χ0v) is 11.5. The van der Waals surface area contributed by atoms with E-state index in [-0.39, 0.29) is 0 Å². The second-order valence-corrected chi connectivity index (χ2v) is 4.63. The molecule has 0 saturated carbocycles. The monoisotopic (exact) mass is 308 g/mol. The summed E-state index contributed by atoms with van der Waals surface area (Å²) in [7, 11) is 0. The van der Waals surface area contributed by atoms with Gasteiger partial charge in [0.2, 0.25) is 0 Å². The van der Waals surface area contributed by atoms with Crippen LogP contribution in [0.1, 0.15) is 17.4 Å². The summed E-state index contributed by atoms with van der Waals surface area (Å²) in [5.41, 5.74) is 8.42. The molecule has 0 unspecified atom stereocenters. The van der Waals surface area contributed by atoms with Crippen molar-refractivity contribution in [1.82, 2.24) is 4.98 Å². The summed E-state index contributed by atoms with van der Waals surface area (Å²) in [6, 6.07) is 7.70. The summed E-state index contributed by atoms with van der Waals surface area (Å²) in [6.45, 7) is 2.08. The number of ether oxygens (including phenoxy) is 1. The number of anilines is 1. The Morgan fingerprint density at radius 1 is 1.39 bits per heavy atom. The molecule has 18 heavy (non-hydrogen) atoms. The molecule has 1 heterocycles. The summed E-state index contributed by atoms with van der Waals surface area (Å²) < 4.78 is 5.91. The van der Waals surface area contributed by atoms with Crippen LogP contribution in [0.15, 0.2) is 34.9 Å². The van der Waals surface area contributed by atoms with Crippen molar-refractivity contribution in [1.29, 1.82) is 0 Å². The van der Waals surface area contributed by atoms with Gasteiger partial charge in [-0.3, -0.25) is 0 Å². The van der Waals surface area contributed by atoms with Crippen LogP contribution >= 0.6 is 15.9 Å². The Balaban J connectivity index is 2.36. The number of hydrogen-bond acceptors (Lipinski definition) is 3. The highest BCUT2D eigenvalue weighted by Gasteiger charge is 2.16. The molecule has 0 aliphatic heterocycles. The van der Waals surface area contributed by atoms with E-state index < -0.39 is 5.97 Å². The van der Waals surface area contributed by atoms with E-state index in [1.54, 1.807) is 13.1 Å². The topological polar surface area (TPSA) is 68.1 Å². The van der Waals surface area contributed by atoms with Crippen LogP contribution < -0.4 is 5.73 Å².